The second kappa shape index (κ2) is 7.43. The molecular formula is C19H29NO4. The van der Waals surface area contributed by atoms with Gasteiger partial charge >= 0.3 is 6.09 Å². The van der Waals surface area contributed by atoms with Gasteiger partial charge in [-0.3, -0.25) is 4.90 Å². The fourth-order valence-electron chi connectivity index (χ4n) is 2.80. The summed E-state index contributed by atoms with van der Waals surface area (Å²) < 4.78 is 11.4. The number of benzene rings is 1. The monoisotopic (exact) mass is 335 g/mol. The van der Waals surface area contributed by atoms with Crippen molar-refractivity contribution in [1.82, 2.24) is 4.90 Å². The molecule has 1 heterocycles. The zero-order valence-corrected chi connectivity index (χ0v) is 15.3. The minimum atomic E-state index is -0.553. The van der Waals surface area contributed by atoms with Gasteiger partial charge < -0.3 is 14.6 Å². The third kappa shape index (κ3) is 4.87. The largest absolute Gasteiger partial charge is 0.489 e. The van der Waals surface area contributed by atoms with Gasteiger partial charge in [0.25, 0.3) is 0 Å². The number of nitrogens with zero attached hydrogens (tertiary/aromatic N) is 1. The van der Waals surface area contributed by atoms with E-state index in [2.05, 4.69) is 26.0 Å². The fraction of sp³-hybridized carbons (Fsp3) is 0.632. The maximum absolute atomic E-state index is 12.3. The second-order valence-corrected chi connectivity index (χ2v) is 7.67. The van der Waals surface area contributed by atoms with Crippen LogP contribution in [0.15, 0.2) is 24.3 Å². The van der Waals surface area contributed by atoms with Crippen LogP contribution in [-0.4, -0.2) is 47.0 Å². The van der Waals surface area contributed by atoms with Crippen LogP contribution in [0.4, 0.5) is 4.79 Å². The number of rotatable bonds is 4. The molecule has 1 fully saturated rings. The average Bonchev–Trinajstić information content (AvgIpc) is 2.89. The molecule has 1 aromatic rings. The molecule has 1 amide bonds. The van der Waals surface area contributed by atoms with E-state index >= 15 is 0 Å². The first-order valence-corrected chi connectivity index (χ1v) is 8.56. The van der Waals surface area contributed by atoms with Crippen molar-refractivity contribution in [3.8, 4) is 5.75 Å². The summed E-state index contributed by atoms with van der Waals surface area (Å²) in [6.07, 6.45) is 0.0594. The number of hydrogen-bond donors (Lipinski definition) is 1. The standard InChI is InChI=1S/C19H29NO4/c1-13(2)14-6-8-16(9-7-14)23-17-10-15(12-21)20(11-17)18(22)24-19(3,4)5/h6-9,13,15,17,21H,10-12H2,1-5H3/t15-,17+/m0/s1. The Labute approximate surface area is 144 Å². The number of amides is 1. The van der Waals surface area contributed by atoms with Crippen LogP contribution in [0.2, 0.25) is 0 Å². The average molecular weight is 335 g/mol. The number of aliphatic hydroxyl groups excluding tert-OH is 1. The SMILES string of the molecule is CC(C)c1ccc(O[C@@H]2C[C@@H](CO)N(C(=O)OC(C)(C)C)C2)cc1. The first-order valence-electron chi connectivity index (χ1n) is 8.56. The summed E-state index contributed by atoms with van der Waals surface area (Å²) in [5, 5.41) is 9.56. The Balaban J connectivity index is 1.99. The molecule has 1 aromatic carbocycles. The Morgan fingerprint density at radius 3 is 2.42 bits per heavy atom. The van der Waals surface area contributed by atoms with Crippen LogP contribution >= 0.6 is 0 Å². The first kappa shape index (κ1) is 18.6. The molecule has 1 N–H and O–H groups in total. The molecule has 0 radical (unpaired) electrons. The van der Waals surface area contributed by atoms with Crippen molar-refractivity contribution >= 4 is 6.09 Å². The first-order chi connectivity index (χ1) is 11.2. The molecular weight excluding hydrogens is 306 g/mol. The van der Waals surface area contributed by atoms with Crippen LogP contribution in [0.3, 0.4) is 0 Å². The van der Waals surface area contributed by atoms with Gasteiger partial charge in [0.1, 0.15) is 17.5 Å². The van der Waals surface area contributed by atoms with E-state index in [0.29, 0.717) is 18.9 Å². The molecule has 24 heavy (non-hydrogen) atoms. The zero-order chi connectivity index (χ0) is 17.9. The lowest BCUT2D eigenvalue weighted by Gasteiger charge is -2.27. The van der Waals surface area contributed by atoms with Crippen molar-refractivity contribution in [2.24, 2.45) is 0 Å². The second-order valence-electron chi connectivity index (χ2n) is 7.67. The summed E-state index contributed by atoms with van der Waals surface area (Å²) in [7, 11) is 0. The molecule has 0 aliphatic carbocycles. The third-order valence-corrected chi connectivity index (χ3v) is 4.06. The summed E-state index contributed by atoms with van der Waals surface area (Å²) in [6.45, 7) is 10.1. The molecule has 5 heteroatoms. The molecule has 0 aromatic heterocycles. The summed E-state index contributed by atoms with van der Waals surface area (Å²) in [5.74, 6) is 1.26. The van der Waals surface area contributed by atoms with Crippen LogP contribution in [-0.2, 0) is 4.74 Å². The molecule has 1 aliphatic heterocycles. The molecule has 1 aliphatic rings. The quantitative estimate of drug-likeness (QED) is 0.914. The van der Waals surface area contributed by atoms with Crippen molar-refractivity contribution in [3.63, 3.8) is 0 Å². The van der Waals surface area contributed by atoms with Crippen molar-refractivity contribution in [2.45, 2.75) is 64.7 Å². The van der Waals surface area contributed by atoms with E-state index in [1.165, 1.54) is 5.56 Å². The molecule has 2 rings (SSSR count). The number of carbonyl (C=O) groups excluding carboxylic acids is 1. The van der Waals surface area contributed by atoms with Crippen LogP contribution in [0.25, 0.3) is 0 Å². The highest BCUT2D eigenvalue weighted by Gasteiger charge is 2.38. The van der Waals surface area contributed by atoms with Gasteiger partial charge in [0.05, 0.1) is 19.2 Å². The fourth-order valence-corrected chi connectivity index (χ4v) is 2.80. The Morgan fingerprint density at radius 2 is 1.92 bits per heavy atom. The maximum Gasteiger partial charge on any atom is 0.410 e. The van der Waals surface area contributed by atoms with E-state index in [4.69, 9.17) is 9.47 Å². The number of aliphatic hydroxyl groups is 1. The Morgan fingerprint density at radius 1 is 1.29 bits per heavy atom. The molecule has 1 saturated heterocycles. The number of carbonyl (C=O) groups is 1. The third-order valence-electron chi connectivity index (χ3n) is 4.06. The van der Waals surface area contributed by atoms with E-state index in [1.54, 1.807) is 4.90 Å². The molecule has 0 spiro atoms. The maximum atomic E-state index is 12.3. The van der Waals surface area contributed by atoms with Crippen molar-refractivity contribution in [2.75, 3.05) is 13.2 Å². The van der Waals surface area contributed by atoms with E-state index in [1.807, 2.05) is 32.9 Å². The van der Waals surface area contributed by atoms with Crippen molar-refractivity contribution in [3.05, 3.63) is 29.8 Å². The van der Waals surface area contributed by atoms with Crippen LogP contribution < -0.4 is 4.74 Å². The van der Waals surface area contributed by atoms with Crippen molar-refractivity contribution in [1.29, 1.82) is 0 Å². The van der Waals surface area contributed by atoms with E-state index in [9.17, 15) is 9.90 Å². The Bertz CT molecular complexity index is 547. The minimum absolute atomic E-state index is 0.0919. The lowest BCUT2D eigenvalue weighted by atomic mass is 10.0. The smallest absolute Gasteiger partial charge is 0.410 e. The van der Waals surface area contributed by atoms with Gasteiger partial charge in [-0.15, -0.1) is 0 Å². The number of likely N-dealkylation sites (tertiary alicyclic amines) is 1. The molecule has 0 unspecified atom stereocenters. The molecule has 0 saturated carbocycles. The highest BCUT2D eigenvalue weighted by atomic mass is 16.6. The Hall–Kier alpha value is -1.75. The lowest BCUT2D eigenvalue weighted by molar-refractivity contribution is 0.0165. The summed E-state index contributed by atoms with van der Waals surface area (Å²) in [5.41, 5.74) is 0.709. The number of ether oxygens (including phenoxy) is 2. The molecule has 2 atom stereocenters. The summed E-state index contributed by atoms with van der Waals surface area (Å²) in [4.78, 5) is 13.9. The summed E-state index contributed by atoms with van der Waals surface area (Å²) >= 11 is 0. The van der Waals surface area contributed by atoms with Gasteiger partial charge in [-0.1, -0.05) is 26.0 Å². The van der Waals surface area contributed by atoms with Crippen LogP contribution in [0.1, 0.15) is 52.5 Å². The van der Waals surface area contributed by atoms with Crippen LogP contribution in [0, 0.1) is 0 Å². The topological polar surface area (TPSA) is 59.0 Å². The zero-order valence-electron chi connectivity index (χ0n) is 15.3. The highest BCUT2D eigenvalue weighted by Crippen LogP contribution is 2.26. The van der Waals surface area contributed by atoms with Gasteiger partial charge in [0, 0.05) is 6.42 Å². The Kier molecular flexibility index (Phi) is 5.75. The predicted octanol–water partition coefficient (Wildman–Crippen LogP) is 3.56. The van der Waals surface area contributed by atoms with E-state index in [0.717, 1.165) is 5.75 Å². The molecule has 0 bridgehead atoms. The normalized spacial score (nSPS) is 21.2. The van der Waals surface area contributed by atoms with Gasteiger partial charge in [-0.05, 0) is 44.4 Å². The summed E-state index contributed by atoms with van der Waals surface area (Å²) in [6, 6.07) is 7.77. The van der Waals surface area contributed by atoms with E-state index < -0.39 is 11.7 Å². The van der Waals surface area contributed by atoms with Crippen LogP contribution in [0.5, 0.6) is 5.75 Å². The van der Waals surface area contributed by atoms with Gasteiger partial charge in [0.2, 0.25) is 0 Å². The van der Waals surface area contributed by atoms with Gasteiger partial charge in [0.15, 0.2) is 0 Å². The van der Waals surface area contributed by atoms with Gasteiger partial charge in [-0.2, -0.15) is 0 Å². The molecule has 134 valence electrons. The lowest BCUT2D eigenvalue weighted by Crippen LogP contribution is -2.41. The van der Waals surface area contributed by atoms with Gasteiger partial charge in [-0.25, -0.2) is 4.79 Å². The van der Waals surface area contributed by atoms with E-state index in [-0.39, 0.29) is 18.8 Å². The number of hydrogen-bond acceptors (Lipinski definition) is 4. The molecule has 5 nitrogen and oxygen atoms in total. The highest BCUT2D eigenvalue weighted by molar-refractivity contribution is 5.69. The minimum Gasteiger partial charge on any atom is -0.489 e. The van der Waals surface area contributed by atoms with Crippen molar-refractivity contribution < 1.29 is 19.4 Å². The predicted molar refractivity (Wildman–Crippen MR) is 93.4 cm³/mol.